The number of nitrogens with one attached hydrogen (secondary N) is 3. The molecule has 6 radical (unpaired) electrons. The number of hydrogen-bond donors (Lipinski definition) is 3. The van der Waals surface area contributed by atoms with Crippen LogP contribution in [-0.2, 0) is 31.2 Å². The molecule has 31 heteroatoms. The highest BCUT2D eigenvalue weighted by molar-refractivity contribution is 5.31. The molecule has 100 heavy (non-hydrogen) atoms. The van der Waals surface area contributed by atoms with E-state index in [0.717, 1.165) is 30.4 Å². The molecular formula is C69H117N19O12. The molecule has 31 nitrogen and oxygen atoms in total. The number of hydrogen-bond acceptors (Lipinski definition) is 25. The first-order valence-corrected chi connectivity index (χ1v) is 35.8. The molecule has 6 aliphatic heterocycles. The van der Waals surface area contributed by atoms with Crippen LogP contribution in [-0.4, -0.2) is 222 Å². The SMILES string of the molecule is CC1(C)CC(Oc2nc(NCCN(CCNc3nc(OC4CC(C)(C)N([O])C(C)(C)C4)nc(OC4CC(C)(C)N([O])C(C)(C)C4)n3)CCNc3nc(OC4CC(C)(C)N([O])C(C)(C)C4)nc(OC4CC(C)(C)N([O])C(C)(C)C4)n3)nc(OC3CC(C)(C)N([O])C(C)(C)C3)n2)CC(C)(C)N1[O]. The number of anilines is 3. The van der Waals surface area contributed by atoms with Gasteiger partial charge in [-0.15, -0.1) is 76.6 Å². The Morgan fingerprint density at radius 3 is 0.520 bits per heavy atom. The highest BCUT2D eigenvalue weighted by Gasteiger charge is 2.53. The number of hydroxylamine groups is 12. The first-order chi connectivity index (χ1) is 45.8. The van der Waals surface area contributed by atoms with Crippen molar-refractivity contribution in [1.29, 1.82) is 0 Å². The summed E-state index contributed by atoms with van der Waals surface area (Å²) in [7, 11) is 0. The minimum absolute atomic E-state index is 0.0275. The van der Waals surface area contributed by atoms with Gasteiger partial charge in [0.05, 0.1) is 0 Å². The fraction of sp³-hybridized carbons (Fsp3) is 0.870. The van der Waals surface area contributed by atoms with Crippen molar-refractivity contribution in [3.05, 3.63) is 0 Å². The van der Waals surface area contributed by atoms with E-state index in [9.17, 15) is 31.2 Å². The average Bonchev–Trinajstić information content (AvgIpc) is 0.802. The normalized spacial score (nSPS) is 25.8. The van der Waals surface area contributed by atoms with E-state index in [2.05, 4.69) is 20.9 Å². The molecule has 6 saturated heterocycles. The summed E-state index contributed by atoms with van der Waals surface area (Å²) in [4.78, 5) is 45.0. The fourth-order valence-corrected chi connectivity index (χ4v) is 17.3. The third-order valence-corrected chi connectivity index (χ3v) is 20.9. The fourth-order valence-electron chi connectivity index (χ4n) is 17.3. The van der Waals surface area contributed by atoms with Crippen molar-refractivity contribution >= 4 is 17.8 Å². The lowest BCUT2D eigenvalue weighted by molar-refractivity contribution is -0.297. The lowest BCUT2D eigenvalue weighted by Gasteiger charge is -2.49. The highest BCUT2D eigenvalue weighted by Crippen LogP contribution is 2.45. The molecule has 6 aliphatic rings. The van der Waals surface area contributed by atoms with Crippen LogP contribution in [0, 0.1) is 0 Å². The Bertz CT molecular complexity index is 2670. The minimum atomic E-state index is -0.739. The molecule has 3 aromatic rings. The van der Waals surface area contributed by atoms with Gasteiger partial charge in [0, 0.05) is 183 Å². The number of aromatic nitrogens is 9. The van der Waals surface area contributed by atoms with E-state index < -0.39 is 103 Å². The van der Waals surface area contributed by atoms with Crippen molar-refractivity contribution in [2.45, 2.75) is 346 Å². The van der Waals surface area contributed by atoms with Gasteiger partial charge in [-0.3, -0.25) is 4.90 Å². The van der Waals surface area contributed by atoms with Gasteiger partial charge in [-0.25, -0.2) is 0 Å². The topological polar surface area (TPSA) is 350 Å². The van der Waals surface area contributed by atoms with Crippen molar-refractivity contribution in [3.8, 4) is 36.1 Å². The lowest BCUT2D eigenvalue weighted by atomic mass is 9.80. The maximum atomic E-state index is 13.5. The summed E-state index contributed by atoms with van der Waals surface area (Å²) >= 11 is 0. The van der Waals surface area contributed by atoms with Crippen LogP contribution in [0.2, 0.25) is 0 Å². The third kappa shape index (κ3) is 18.6. The molecule has 0 saturated carbocycles. The average molecular weight is 1400 g/mol. The number of ether oxygens (including phenoxy) is 6. The van der Waals surface area contributed by atoms with Crippen molar-refractivity contribution in [1.82, 2.24) is 80.1 Å². The maximum absolute atomic E-state index is 13.5. The molecule has 0 amide bonds. The molecule has 6 fully saturated rings. The minimum Gasteiger partial charge on any atom is -0.460 e. The molecule has 0 aromatic carbocycles. The highest BCUT2D eigenvalue weighted by atomic mass is 16.6. The Kier molecular flexibility index (Phi) is 22.3. The predicted octanol–water partition coefficient (Wildman–Crippen LogP) is 9.66. The largest absolute Gasteiger partial charge is 0.460 e. The van der Waals surface area contributed by atoms with Gasteiger partial charge in [0.1, 0.15) is 36.6 Å². The molecule has 3 aromatic heterocycles. The van der Waals surface area contributed by atoms with Crippen LogP contribution >= 0.6 is 0 Å². The molecule has 0 unspecified atom stereocenters. The van der Waals surface area contributed by atoms with Crippen LogP contribution in [0.3, 0.4) is 0 Å². The van der Waals surface area contributed by atoms with E-state index in [-0.39, 0.29) is 53.9 Å². The Hall–Kier alpha value is -5.29. The summed E-state index contributed by atoms with van der Waals surface area (Å²) < 4.78 is 39.6. The van der Waals surface area contributed by atoms with Crippen LogP contribution in [0.15, 0.2) is 0 Å². The molecular weight excluding hydrogens is 1290 g/mol. The summed E-state index contributed by atoms with van der Waals surface area (Å²) in [6.45, 7) is 47.7. The molecule has 9 rings (SSSR count). The van der Waals surface area contributed by atoms with Gasteiger partial charge < -0.3 is 44.4 Å². The summed E-state index contributed by atoms with van der Waals surface area (Å²) in [5, 5.41) is 97.8. The molecule has 0 aliphatic carbocycles. The molecule has 9 heterocycles. The van der Waals surface area contributed by atoms with Gasteiger partial charge in [-0.2, -0.15) is 29.9 Å². The quantitative estimate of drug-likeness (QED) is 0.0751. The zero-order valence-electron chi connectivity index (χ0n) is 64.2. The second kappa shape index (κ2) is 28.3. The smallest absolute Gasteiger partial charge is 0.324 e. The van der Waals surface area contributed by atoms with Crippen LogP contribution in [0.25, 0.3) is 0 Å². The van der Waals surface area contributed by atoms with Crippen molar-refractivity contribution < 1.29 is 59.7 Å². The Morgan fingerprint density at radius 2 is 0.390 bits per heavy atom. The second-order valence-corrected chi connectivity index (χ2v) is 36.7. The van der Waals surface area contributed by atoms with Crippen molar-refractivity contribution in [2.24, 2.45) is 0 Å². The monoisotopic (exact) mass is 1400 g/mol. The molecule has 560 valence electrons. The molecule has 0 spiro atoms. The van der Waals surface area contributed by atoms with Gasteiger partial charge in [-0.1, -0.05) is 0 Å². The first-order valence-electron chi connectivity index (χ1n) is 35.8. The number of nitrogens with zero attached hydrogens (tertiary/aromatic N) is 16. The van der Waals surface area contributed by atoms with Gasteiger partial charge in [-0.05, 0) is 166 Å². The van der Waals surface area contributed by atoms with Crippen LogP contribution in [0.4, 0.5) is 17.8 Å². The van der Waals surface area contributed by atoms with Gasteiger partial charge in [0.15, 0.2) is 0 Å². The van der Waals surface area contributed by atoms with E-state index >= 15 is 0 Å². The molecule has 0 atom stereocenters. The third-order valence-electron chi connectivity index (χ3n) is 20.9. The van der Waals surface area contributed by atoms with E-state index in [1.165, 1.54) is 0 Å². The van der Waals surface area contributed by atoms with Crippen molar-refractivity contribution in [2.75, 3.05) is 55.2 Å². The van der Waals surface area contributed by atoms with Gasteiger partial charge >= 0.3 is 36.1 Å². The lowest BCUT2D eigenvalue weighted by Crippen LogP contribution is -2.60. The maximum Gasteiger partial charge on any atom is 0.324 e. The summed E-state index contributed by atoms with van der Waals surface area (Å²) in [6, 6.07) is 0.165. The Labute approximate surface area is 593 Å². The summed E-state index contributed by atoms with van der Waals surface area (Å²) in [5.41, 5.74) is -8.87. The van der Waals surface area contributed by atoms with E-state index in [0.29, 0.717) is 116 Å². The Balaban J connectivity index is 1.00. The summed E-state index contributed by atoms with van der Waals surface area (Å²) in [6.07, 6.45) is 2.51. The zero-order valence-corrected chi connectivity index (χ0v) is 64.2. The molecule has 0 bridgehead atoms. The van der Waals surface area contributed by atoms with Crippen molar-refractivity contribution in [3.63, 3.8) is 0 Å². The van der Waals surface area contributed by atoms with Gasteiger partial charge in [0.2, 0.25) is 17.8 Å². The standard InChI is InChI=1S/C69H117N19O12/c1-58(2)31-43(32-59(3,4)83(58)89)95-52-73-49(74-53(79-52)96-44-33-60(5,6)84(90)61(7,8)34-44)70-25-28-82(29-26-71-50-75-54(97-45-35-62(9,10)85(91)63(11,12)36-45)80-55(76-50)98-46-37-64(13,14)86(92)65(15,16)38-46)30-27-72-51-77-56(99-47-39-66(17,18)87(93)67(19,20)40-47)81-57(78-51)100-48-41-68(21,22)88(94)69(23,24)42-48/h43-48H,25-42H2,1-24H3,(H,70,73,74,79)(H,71,75,76,80)(H,72,77,78,81). The Morgan fingerprint density at radius 1 is 0.260 bits per heavy atom. The van der Waals surface area contributed by atoms with Crippen LogP contribution in [0.1, 0.15) is 243 Å². The van der Waals surface area contributed by atoms with E-state index in [1.807, 2.05) is 166 Å². The van der Waals surface area contributed by atoms with Crippen LogP contribution < -0.4 is 44.4 Å². The molecule has 3 N–H and O–H groups in total. The zero-order chi connectivity index (χ0) is 74.2. The predicted molar refractivity (Wildman–Crippen MR) is 367 cm³/mol. The van der Waals surface area contributed by atoms with Crippen LogP contribution in [0.5, 0.6) is 36.1 Å². The number of piperidine rings is 6. The van der Waals surface area contributed by atoms with E-state index in [1.54, 1.807) is 0 Å². The first kappa shape index (κ1) is 78.8. The number of rotatable bonds is 24. The summed E-state index contributed by atoms with van der Waals surface area (Å²) in [5.74, 6) is 0.561. The van der Waals surface area contributed by atoms with E-state index in [4.69, 9.17) is 73.3 Å². The van der Waals surface area contributed by atoms with Gasteiger partial charge in [0.25, 0.3) is 0 Å². The second-order valence-electron chi connectivity index (χ2n) is 36.7.